The van der Waals surface area contributed by atoms with Gasteiger partial charge in [0.25, 0.3) is 0 Å². The van der Waals surface area contributed by atoms with E-state index in [9.17, 15) is 20.1 Å². The summed E-state index contributed by atoms with van der Waals surface area (Å²) >= 11 is 0. The molecule has 1 rings (SSSR count). The van der Waals surface area contributed by atoms with Gasteiger partial charge in [0.15, 0.2) is 11.5 Å². The van der Waals surface area contributed by atoms with E-state index in [0.29, 0.717) is 37.0 Å². The van der Waals surface area contributed by atoms with Crippen LogP contribution in [0.3, 0.4) is 0 Å². The lowest BCUT2D eigenvalue weighted by atomic mass is 9.97. The average molecular weight is 368 g/mol. The van der Waals surface area contributed by atoms with E-state index < -0.39 is 12.2 Å². The minimum Gasteiger partial charge on any atom is -0.504 e. The van der Waals surface area contributed by atoms with Gasteiger partial charge < -0.3 is 24.8 Å². The van der Waals surface area contributed by atoms with Crippen molar-refractivity contribution in [1.29, 1.82) is 0 Å². The van der Waals surface area contributed by atoms with Crippen LogP contribution in [0.1, 0.15) is 63.5 Å². The van der Waals surface area contributed by atoms with Crippen molar-refractivity contribution in [2.45, 2.75) is 77.6 Å². The van der Waals surface area contributed by atoms with Crippen molar-refractivity contribution in [1.82, 2.24) is 0 Å². The predicted octanol–water partition coefficient (Wildman–Crippen LogP) is 3.09. The monoisotopic (exact) mass is 368 g/mol. The van der Waals surface area contributed by atoms with E-state index in [1.807, 2.05) is 0 Å². The molecule has 0 bridgehead atoms. The Balaban J connectivity index is 2.75. The zero-order chi connectivity index (χ0) is 19.5. The molecule has 0 unspecified atom stereocenters. The fraction of sp³-hybridized carbons (Fsp3) is 0.650. The molecule has 26 heavy (non-hydrogen) atoms. The molecule has 6 nitrogen and oxygen atoms in total. The Kier molecular flexibility index (Phi) is 10.1. The second kappa shape index (κ2) is 11.8. The topological polar surface area (TPSA) is 96.2 Å². The molecule has 6 heteroatoms. The second-order valence-corrected chi connectivity index (χ2v) is 6.61. The van der Waals surface area contributed by atoms with Gasteiger partial charge in [-0.2, -0.15) is 0 Å². The zero-order valence-electron chi connectivity index (χ0n) is 16.0. The second-order valence-electron chi connectivity index (χ2n) is 6.61. The van der Waals surface area contributed by atoms with E-state index in [-0.39, 0.29) is 18.3 Å². The summed E-state index contributed by atoms with van der Waals surface area (Å²) in [6, 6.07) is 3.16. The number of phenols is 1. The van der Waals surface area contributed by atoms with E-state index in [2.05, 4.69) is 6.92 Å². The van der Waals surface area contributed by atoms with Gasteiger partial charge in [0.2, 0.25) is 0 Å². The minimum atomic E-state index is -0.502. The number of aliphatic hydroxyl groups is 2. The third kappa shape index (κ3) is 7.62. The highest BCUT2D eigenvalue weighted by atomic mass is 16.5. The van der Waals surface area contributed by atoms with E-state index in [4.69, 9.17) is 9.47 Å². The van der Waals surface area contributed by atoms with Gasteiger partial charge in [-0.3, -0.25) is 4.79 Å². The molecule has 0 saturated carbocycles. The van der Waals surface area contributed by atoms with Crippen LogP contribution in [0.15, 0.2) is 12.1 Å². The van der Waals surface area contributed by atoms with Crippen LogP contribution in [0, 0.1) is 0 Å². The summed E-state index contributed by atoms with van der Waals surface area (Å²) in [6.07, 6.45) is 4.36. The summed E-state index contributed by atoms with van der Waals surface area (Å²) in [6.45, 7) is 3.27. The number of carbonyl (C=O) groups is 1. The van der Waals surface area contributed by atoms with Gasteiger partial charge in [-0.15, -0.1) is 0 Å². The number of phenolic OH excluding ortho intramolecular Hbond substituents is 1. The van der Waals surface area contributed by atoms with E-state index in [1.54, 1.807) is 6.07 Å². The molecule has 0 aliphatic rings. The van der Waals surface area contributed by atoms with Crippen molar-refractivity contribution in [3.63, 3.8) is 0 Å². The van der Waals surface area contributed by atoms with Crippen molar-refractivity contribution < 1.29 is 29.6 Å². The minimum absolute atomic E-state index is 0.0248. The highest BCUT2D eigenvalue weighted by molar-refractivity contribution is 5.66. The fourth-order valence-corrected chi connectivity index (χ4v) is 3.02. The fourth-order valence-electron chi connectivity index (χ4n) is 3.02. The van der Waals surface area contributed by atoms with Gasteiger partial charge in [-0.25, -0.2) is 0 Å². The Morgan fingerprint density at radius 3 is 2.50 bits per heavy atom. The number of benzene rings is 1. The highest BCUT2D eigenvalue weighted by Gasteiger charge is 2.19. The van der Waals surface area contributed by atoms with Gasteiger partial charge in [-0.1, -0.05) is 26.2 Å². The normalized spacial score (nSPS) is 13.3. The Morgan fingerprint density at radius 2 is 1.92 bits per heavy atom. The smallest absolute Gasteiger partial charge is 0.302 e. The molecule has 0 aliphatic carbocycles. The lowest BCUT2D eigenvalue weighted by Crippen LogP contribution is -2.24. The highest BCUT2D eigenvalue weighted by Crippen LogP contribution is 2.30. The largest absolute Gasteiger partial charge is 0.504 e. The first-order valence-corrected chi connectivity index (χ1v) is 9.26. The maximum atomic E-state index is 11.4. The molecule has 0 aliphatic heterocycles. The third-order valence-corrected chi connectivity index (χ3v) is 4.42. The van der Waals surface area contributed by atoms with E-state index in [1.165, 1.54) is 20.1 Å². The number of rotatable bonds is 12. The Morgan fingerprint density at radius 1 is 1.19 bits per heavy atom. The third-order valence-electron chi connectivity index (χ3n) is 4.42. The molecular weight excluding hydrogens is 336 g/mol. The number of ether oxygens (including phenoxy) is 2. The maximum Gasteiger partial charge on any atom is 0.302 e. The zero-order valence-corrected chi connectivity index (χ0v) is 16.0. The summed E-state index contributed by atoms with van der Waals surface area (Å²) in [4.78, 5) is 11.4. The Hall–Kier alpha value is -1.79. The quantitative estimate of drug-likeness (QED) is 0.387. The number of aromatic hydroxyl groups is 1. The van der Waals surface area contributed by atoms with Crippen LogP contribution in [0.4, 0.5) is 0 Å². The molecule has 0 heterocycles. The molecule has 1 aromatic rings. The first-order valence-electron chi connectivity index (χ1n) is 9.26. The molecule has 0 aromatic heterocycles. The molecule has 0 spiro atoms. The number of hydrogen-bond acceptors (Lipinski definition) is 6. The van der Waals surface area contributed by atoms with Crippen LogP contribution in [0.25, 0.3) is 0 Å². The summed E-state index contributed by atoms with van der Waals surface area (Å²) < 4.78 is 10.5. The molecule has 1 aromatic carbocycles. The van der Waals surface area contributed by atoms with Crippen molar-refractivity contribution >= 4 is 5.97 Å². The van der Waals surface area contributed by atoms with E-state index in [0.717, 1.165) is 24.8 Å². The average Bonchev–Trinajstić information content (AvgIpc) is 2.59. The molecule has 0 amide bonds. The van der Waals surface area contributed by atoms with Crippen molar-refractivity contribution in [3.05, 3.63) is 23.3 Å². The van der Waals surface area contributed by atoms with Gasteiger partial charge in [0.1, 0.15) is 6.10 Å². The van der Waals surface area contributed by atoms with Crippen LogP contribution >= 0.6 is 0 Å². The van der Waals surface area contributed by atoms with Crippen molar-refractivity contribution in [2.24, 2.45) is 0 Å². The first-order chi connectivity index (χ1) is 12.4. The summed E-state index contributed by atoms with van der Waals surface area (Å²) in [7, 11) is 1.46. The van der Waals surface area contributed by atoms with Gasteiger partial charge in [-0.05, 0) is 42.5 Å². The van der Waals surface area contributed by atoms with Crippen LogP contribution in [0.2, 0.25) is 0 Å². The standard InChI is InChI=1S/C20H32O6/c1-4-5-6-7-17(23)12-18(26-14(2)22)9-8-15-11-20(25-3)19(24)10-16(15)13-21/h10-11,17-18,21,23-24H,4-9,12-13H2,1-3H3/t17-,18+/m0/s1. The summed E-state index contributed by atoms with van der Waals surface area (Å²) in [5.41, 5.74) is 1.42. The van der Waals surface area contributed by atoms with E-state index >= 15 is 0 Å². The van der Waals surface area contributed by atoms with Gasteiger partial charge >= 0.3 is 5.97 Å². The number of unbranched alkanes of at least 4 members (excludes halogenated alkanes) is 2. The van der Waals surface area contributed by atoms with Crippen LogP contribution in [0.5, 0.6) is 11.5 Å². The number of hydrogen-bond donors (Lipinski definition) is 3. The van der Waals surface area contributed by atoms with Crippen molar-refractivity contribution in [3.8, 4) is 11.5 Å². The number of esters is 1. The number of methoxy groups -OCH3 is 1. The number of aryl methyl sites for hydroxylation is 1. The lowest BCUT2D eigenvalue weighted by Gasteiger charge is -2.21. The molecule has 0 fully saturated rings. The molecule has 0 saturated heterocycles. The predicted molar refractivity (Wildman–Crippen MR) is 99.2 cm³/mol. The number of aliphatic hydroxyl groups excluding tert-OH is 2. The lowest BCUT2D eigenvalue weighted by molar-refractivity contribution is -0.148. The van der Waals surface area contributed by atoms with Gasteiger partial charge in [0.05, 0.1) is 19.8 Å². The number of carbonyl (C=O) groups excluding carboxylic acids is 1. The first kappa shape index (κ1) is 22.3. The molecular formula is C20H32O6. The van der Waals surface area contributed by atoms with Crippen LogP contribution in [-0.2, 0) is 22.6 Å². The van der Waals surface area contributed by atoms with Gasteiger partial charge in [0, 0.05) is 13.3 Å². The van der Waals surface area contributed by atoms with Crippen molar-refractivity contribution in [2.75, 3.05) is 7.11 Å². The molecule has 148 valence electrons. The molecule has 0 radical (unpaired) electrons. The summed E-state index contributed by atoms with van der Waals surface area (Å²) in [5.74, 6) is -0.0644. The van der Waals surface area contributed by atoms with Crippen LogP contribution < -0.4 is 4.74 Å². The van der Waals surface area contributed by atoms with Crippen LogP contribution in [-0.4, -0.2) is 40.6 Å². The Labute approximate surface area is 155 Å². The maximum absolute atomic E-state index is 11.4. The molecule has 3 N–H and O–H groups in total. The SMILES string of the molecule is CCCCC[C@H](O)C[C@@H](CCc1cc(OC)c(O)cc1CO)OC(C)=O. The molecule has 2 atom stereocenters. The summed E-state index contributed by atoms with van der Waals surface area (Å²) in [5, 5.41) is 29.5. The Bertz CT molecular complexity index is 557.